The lowest BCUT2D eigenvalue weighted by molar-refractivity contribution is 0.0950. The van der Waals surface area contributed by atoms with Crippen LogP contribution in [0.5, 0.6) is 0 Å². The van der Waals surface area contributed by atoms with Crippen LogP contribution in [0.3, 0.4) is 0 Å². The third-order valence-electron chi connectivity index (χ3n) is 2.76. The number of carbonyl (C=O) groups excluding carboxylic acids is 1. The third kappa shape index (κ3) is 4.60. The van der Waals surface area contributed by atoms with Gasteiger partial charge >= 0.3 is 0 Å². The summed E-state index contributed by atoms with van der Waals surface area (Å²) in [6.45, 7) is 7.00. The first-order valence-electron chi connectivity index (χ1n) is 6.14. The quantitative estimate of drug-likeness (QED) is 0.795. The molecular weight excluding hydrogens is 269 g/mol. The summed E-state index contributed by atoms with van der Waals surface area (Å²) >= 11 is 11.8. The van der Waals surface area contributed by atoms with Gasteiger partial charge in [-0.25, -0.2) is 0 Å². The van der Waals surface area contributed by atoms with E-state index in [2.05, 4.69) is 19.2 Å². The third-order valence-corrected chi connectivity index (χ3v) is 3.31. The van der Waals surface area contributed by atoms with Gasteiger partial charge in [0.15, 0.2) is 5.78 Å². The molecule has 1 aromatic rings. The van der Waals surface area contributed by atoms with Gasteiger partial charge in [0.05, 0.1) is 11.1 Å². The summed E-state index contributed by atoms with van der Waals surface area (Å²) in [5.74, 6) is 0.624. The molecule has 1 rings (SSSR count). The molecule has 1 unspecified atom stereocenters. The molecule has 4 heteroatoms. The summed E-state index contributed by atoms with van der Waals surface area (Å²) in [5, 5.41) is 4.16. The van der Waals surface area contributed by atoms with Gasteiger partial charge in [-0.2, -0.15) is 0 Å². The van der Waals surface area contributed by atoms with Crippen LogP contribution in [0, 0.1) is 5.92 Å². The molecule has 0 saturated heterocycles. The smallest absolute Gasteiger partial charge is 0.180 e. The van der Waals surface area contributed by atoms with Crippen LogP contribution >= 0.6 is 23.2 Å². The number of nitrogens with one attached hydrogen (secondary N) is 1. The zero-order valence-corrected chi connectivity index (χ0v) is 12.5. The Morgan fingerprint density at radius 2 is 1.94 bits per heavy atom. The molecular formula is C14H19Cl2NO. The molecule has 2 nitrogen and oxygen atoms in total. The molecule has 1 N–H and O–H groups in total. The monoisotopic (exact) mass is 287 g/mol. The Kier molecular flexibility index (Phi) is 6.13. The van der Waals surface area contributed by atoms with Crippen molar-refractivity contribution in [2.75, 3.05) is 6.54 Å². The fraction of sp³-hybridized carbons (Fsp3) is 0.500. The second-order valence-corrected chi connectivity index (χ2v) is 5.69. The van der Waals surface area contributed by atoms with Crippen LogP contribution in [-0.2, 0) is 0 Å². The van der Waals surface area contributed by atoms with E-state index in [-0.39, 0.29) is 11.8 Å². The van der Waals surface area contributed by atoms with Gasteiger partial charge in [0.2, 0.25) is 0 Å². The van der Waals surface area contributed by atoms with Crippen molar-refractivity contribution in [1.29, 1.82) is 0 Å². The molecule has 0 aromatic heterocycles. The highest BCUT2D eigenvalue weighted by atomic mass is 35.5. The van der Waals surface area contributed by atoms with Crippen molar-refractivity contribution in [3.63, 3.8) is 0 Å². The fourth-order valence-electron chi connectivity index (χ4n) is 1.60. The fourth-order valence-corrected chi connectivity index (χ4v) is 2.11. The lowest BCUT2D eigenvalue weighted by Crippen LogP contribution is -2.35. The first kappa shape index (κ1) is 15.5. The first-order valence-corrected chi connectivity index (χ1v) is 6.90. The summed E-state index contributed by atoms with van der Waals surface area (Å²) in [7, 11) is 0. The van der Waals surface area contributed by atoms with Crippen molar-refractivity contribution in [3.05, 3.63) is 33.8 Å². The molecule has 0 bridgehead atoms. The van der Waals surface area contributed by atoms with Crippen molar-refractivity contribution in [3.8, 4) is 0 Å². The van der Waals surface area contributed by atoms with Gasteiger partial charge in [-0.3, -0.25) is 4.79 Å². The van der Waals surface area contributed by atoms with Crippen molar-refractivity contribution in [1.82, 2.24) is 5.32 Å². The molecule has 18 heavy (non-hydrogen) atoms. The van der Waals surface area contributed by atoms with Gasteiger partial charge in [0.25, 0.3) is 0 Å². The van der Waals surface area contributed by atoms with E-state index in [1.54, 1.807) is 18.2 Å². The van der Waals surface area contributed by atoms with Gasteiger partial charge in [0.1, 0.15) is 0 Å². The van der Waals surface area contributed by atoms with Crippen molar-refractivity contribution < 1.29 is 4.79 Å². The molecule has 1 aromatic carbocycles. The average molecular weight is 288 g/mol. The normalized spacial score (nSPS) is 12.8. The molecule has 0 radical (unpaired) electrons. The van der Waals surface area contributed by atoms with Crippen molar-refractivity contribution >= 4 is 29.0 Å². The number of rotatable bonds is 6. The van der Waals surface area contributed by atoms with Gasteiger partial charge in [-0.1, -0.05) is 37.0 Å². The SMILES string of the molecule is CC(C)CCNC(C)C(=O)c1ccc(Cl)cc1Cl. The first-order chi connectivity index (χ1) is 8.41. The lowest BCUT2D eigenvalue weighted by atomic mass is 10.0. The summed E-state index contributed by atoms with van der Waals surface area (Å²) in [6.07, 6.45) is 1.05. The molecule has 0 amide bonds. The van der Waals surface area contributed by atoms with E-state index in [1.807, 2.05) is 6.92 Å². The molecule has 0 spiro atoms. The van der Waals surface area contributed by atoms with Crippen molar-refractivity contribution in [2.24, 2.45) is 5.92 Å². The summed E-state index contributed by atoms with van der Waals surface area (Å²) < 4.78 is 0. The second kappa shape index (κ2) is 7.13. The highest BCUT2D eigenvalue weighted by Crippen LogP contribution is 2.22. The molecule has 100 valence electrons. The molecule has 0 aliphatic rings. The Morgan fingerprint density at radius 3 is 2.50 bits per heavy atom. The second-order valence-electron chi connectivity index (χ2n) is 4.85. The highest BCUT2D eigenvalue weighted by Gasteiger charge is 2.17. The van der Waals surface area contributed by atoms with Crippen LogP contribution in [0.1, 0.15) is 37.6 Å². The van der Waals surface area contributed by atoms with Crippen LogP contribution in [-0.4, -0.2) is 18.4 Å². The predicted octanol–water partition coefficient (Wildman–Crippen LogP) is 4.20. The summed E-state index contributed by atoms with van der Waals surface area (Å²) in [6, 6.07) is 4.72. The molecule has 0 aliphatic carbocycles. The standard InChI is InChI=1S/C14H19Cl2NO/c1-9(2)6-7-17-10(3)14(18)12-5-4-11(15)8-13(12)16/h4-5,8-10,17H,6-7H2,1-3H3. The van der Waals surface area contributed by atoms with E-state index >= 15 is 0 Å². The van der Waals surface area contributed by atoms with E-state index < -0.39 is 0 Å². The topological polar surface area (TPSA) is 29.1 Å². The van der Waals surface area contributed by atoms with Crippen LogP contribution in [0.2, 0.25) is 10.0 Å². The minimum atomic E-state index is -0.234. The summed E-state index contributed by atoms with van der Waals surface area (Å²) in [5.41, 5.74) is 0.519. The Hall–Kier alpha value is -0.570. The maximum Gasteiger partial charge on any atom is 0.180 e. The number of ketones is 1. The molecule has 0 saturated carbocycles. The van der Waals surface area contributed by atoms with Gasteiger partial charge < -0.3 is 5.32 Å². The largest absolute Gasteiger partial charge is 0.307 e. The predicted molar refractivity (Wildman–Crippen MR) is 77.7 cm³/mol. The Labute approximate surface area is 119 Å². The molecule has 0 aliphatic heterocycles. The van der Waals surface area contributed by atoms with Gasteiger partial charge in [-0.15, -0.1) is 0 Å². The van der Waals surface area contributed by atoms with Crippen molar-refractivity contribution in [2.45, 2.75) is 33.2 Å². The minimum Gasteiger partial charge on any atom is -0.307 e. The van der Waals surface area contributed by atoms with Crippen LogP contribution in [0.15, 0.2) is 18.2 Å². The van der Waals surface area contributed by atoms with Crippen LogP contribution in [0.25, 0.3) is 0 Å². The van der Waals surface area contributed by atoms with Gasteiger partial charge in [0, 0.05) is 10.6 Å². The van der Waals surface area contributed by atoms with E-state index in [0.717, 1.165) is 13.0 Å². The Balaban J connectivity index is 2.63. The number of halogens is 2. The minimum absolute atomic E-state index is 0.000391. The van der Waals surface area contributed by atoms with Crippen LogP contribution in [0.4, 0.5) is 0 Å². The average Bonchev–Trinajstić information content (AvgIpc) is 2.27. The zero-order chi connectivity index (χ0) is 13.7. The summed E-state index contributed by atoms with van der Waals surface area (Å²) in [4.78, 5) is 12.2. The lowest BCUT2D eigenvalue weighted by Gasteiger charge is -2.14. The Morgan fingerprint density at radius 1 is 1.28 bits per heavy atom. The number of carbonyl (C=O) groups is 1. The number of hydrogen-bond donors (Lipinski definition) is 1. The van der Waals surface area contributed by atoms with E-state index in [1.165, 1.54) is 0 Å². The number of benzene rings is 1. The maximum atomic E-state index is 12.2. The van der Waals surface area contributed by atoms with E-state index in [9.17, 15) is 4.79 Å². The van der Waals surface area contributed by atoms with Gasteiger partial charge in [-0.05, 0) is 44.0 Å². The number of hydrogen-bond acceptors (Lipinski definition) is 2. The Bertz CT molecular complexity index is 418. The number of Topliss-reactive ketones (excluding diaryl/α,β-unsaturated/α-hetero) is 1. The molecule has 1 atom stereocenters. The molecule has 0 heterocycles. The van der Waals surface area contributed by atoms with E-state index in [0.29, 0.717) is 21.5 Å². The van der Waals surface area contributed by atoms with E-state index in [4.69, 9.17) is 23.2 Å². The zero-order valence-electron chi connectivity index (χ0n) is 11.0. The highest BCUT2D eigenvalue weighted by molar-refractivity contribution is 6.37. The van der Waals surface area contributed by atoms with Crippen LogP contribution < -0.4 is 5.32 Å². The maximum absolute atomic E-state index is 12.2. The molecule has 0 fully saturated rings.